The molecule has 0 radical (unpaired) electrons. The first-order valence-corrected chi connectivity index (χ1v) is 13.1. The maximum atomic E-state index is 13.0. The van der Waals surface area contributed by atoms with E-state index in [9.17, 15) is 68.5 Å². The molecule has 0 saturated heterocycles. The SMILES string of the molecule is C=C.O=S(=O)(F)C(F)(F)C(F)(F)Oc1ccc(Br)cc1.O=S(=O)(F)C(F)(F)C(F)(F)Oc1ccc(C=C(F)F)cc1.[Pd]. The molecule has 0 atom stereocenters. The molecule has 0 amide bonds. The molecule has 2 rings (SSSR count). The van der Waals surface area contributed by atoms with Gasteiger partial charge in [0.25, 0.3) is 6.08 Å². The van der Waals surface area contributed by atoms with Crippen LogP contribution in [0.25, 0.3) is 6.08 Å². The molecule has 0 bridgehead atoms. The molecule has 2 aromatic rings. The van der Waals surface area contributed by atoms with Crippen LogP contribution < -0.4 is 9.47 Å². The molecule has 0 aliphatic heterocycles. The van der Waals surface area contributed by atoms with Crippen molar-refractivity contribution in [1.82, 2.24) is 0 Å². The summed E-state index contributed by atoms with van der Waals surface area (Å²) in [5.41, 5.74) is -0.157. The normalized spacial score (nSPS) is 12.3. The zero-order chi connectivity index (χ0) is 32.7. The van der Waals surface area contributed by atoms with Crippen LogP contribution >= 0.6 is 15.9 Å². The summed E-state index contributed by atoms with van der Waals surface area (Å²) in [6.07, 6.45) is -13.0. The van der Waals surface area contributed by atoms with Crippen LogP contribution in [0.1, 0.15) is 5.56 Å². The summed E-state index contributed by atoms with van der Waals surface area (Å²) in [6.45, 7) is 6.00. The van der Waals surface area contributed by atoms with Gasteiger partial charge in [-0.25, -0.2) is 0 Å². The fourth-order valence-corrected chi connectivity index (χ4v) is 2.87. The van der Waals surface area contributed by atoms with Gasteiger partial charge in [0.05, 0.1) is 0 Å². The summed E-state index contributed by atoms with van der Waals surface area (Å²) in [5.74, 6) is -1.72. The van der Waals surface area contributed by atoms with Crippen molar-refractivity contribution in [3.63, 3.8) is 0 Å². The second-order valence-electron chi connectivity index (χ2n) is 6.60. The van der Waals surface area contributed by atoms with E-state index in [0.717, 1.165) is 24.3 Å². The summed E-state index contributed by atoms with van der Waals surface area (Å²) >= 11 is 2.95. The van der Waals surface area contributed by atoms with Gasteiger partial charge in [0.15, 0.2) is 0 Å². The Hall–Kier alpha value is -2.28. The average molecular weight is 828 g/mol. The molecule has 0 N–H and O–H groups in total. The van der Waals surface area contributed by atoms with Gasteiger partial charge in [-0.2, -0.15) is 60.7 Å². The third-order valence-corrected chi connectivity index (χ3v) is 5.98. The Morgan fingerprint density at radius 3 is 1.21 bits per heavy atom. The number of alkyl halides is 8. The van der Waals surface area contributed by atoms with Gasteiger partial charge in [-0.1, -0.05) is 35.8 Å². The Kier molecular flexibility index (Phi) is 15.4. The molecular weight excluding hydrogens is 815 g/mol. The zero-order valence-corrected chi connectivity index (χ0v) is 24.4. The first kappa shape index (κ1) is 41.9. The van der Waals surface area contributed by atoms with Crippen molar-refractivity contribution in [2.24, 2.45) is 0 Å². The van der Waals surface area contributed by atoms with E-state index in [-0.39, 0.29) is 26.0 Å². The van der Waals surface area contributed by atoms with Crippen LogP contribution in [-0.2, 0) is 40.9 Å². The maximum absolute atomic E-state index is 13.0. The predicted octanol–water partition coefficient (Wildman–Crippen LogP) is 7.90. The van der Waals surface area contributed by atoms with E-state index in [1.165, 1.54) is 12.1 Å². The van der Waals surface area contributed by atoms with Crippen LogP contribution in [0, 0.1) is 0 Å². The molecule has 0 heterocycles. The molecule has 0 aromatic heterocycles. The number of halogens is 13. The standard InChI is InChI=1S/C10H5F7O3S.C8H4BrF5O3S.C2H4.Pd/c11-8(12)5-6-1-3-7(4-2-6)20-9(13,14)10(15,16)21(17,18)19;9-5-1-3-6(4-2-5)17-7(10,11)8(12,13)18(14,15)16;1-2;/h1-5H;1-4H;1-2H2;. The first-order valence-electron chi connectivity index (χ1n) is 9.50. The van der Waals surface area contributed by atoms with Gasteiger partial charge in [-0.3, -0.25) is 0 Å². The minimum Gasteiger partial charge on any atom is -0.427 e. The fourth-order valence-electron chi connectivity index (χ4n) is 1.96. The van der Waals surface area contributed by atoms with Crippen molar-refractivity contribution in [1.29, 1.82) is 0 Å². The Bertz CT molecular complexity index is 1400. The summed E-state index contributed by atoms with van der Waals surface area (Å²) in [5, 5.41) is -12.1. The van der Waals surface area contributed by atoms with Crippen LogP contribution in [0.3, 0.4) is 0 Å². The number of ether oxygens (including phenoxy) is 2. The molecule has 0 unspecified atom stereocenters. The van der Waals surface area contributed by atoms with E-state index >= 15 is 0 Å². The second-order valence-corrected chi connectivity index (χ2v) is 10.3. The van der Waals surface area contributed by atoms with E-state index in [2.05, 4.69) is 38.6 Å². The van der Waals surface area contributed by atoms with E-state index in [1.807, 2.05) is 0 Å². The van der Waals surface area contributed by atoms with E-state index in [1.54, 1.807) is 0 Å². The van der Waals surface area contributed by atoms with Crippen LogP contribution in [-0.4, -0.2) is 39.6 Å². The van der Waals surface area contributed by atoms with Crippen LogP contribution in [0.4, 0.5) is 51.7 Å². The number of benzene rings is 2. The van der Waals surface area contributed by atoms with E-state index < -0.39 is 60.8 Å². The van der Waals surface area contributed by atoms with Crippen molar-refractivity contribution < 1.29 is 98.4 Å². The minimum absolute atomic E-state index is 0. The Morgan fingerprint density at radius 1 is 0.667 bits per heavy atom. The second kappa shape index (κ2) is 15.4. The van der Waals surface area contributed by atoms with Gasteiger partial charge in [0.2, 0.25) is 0 Å². The van der Waals surface area contributed by atoms with E-state index in [0.29, 0.717) is 22.7 Å². The monoisotopic (exact) mass is 826 g/mol. The van der Waals surface area contributed by atoms with Gasteiger partial charge in [0, 0.05) is 31.0 Å². The fraction of sp³-hybridized carbons (Fsp3) is 0.200. The van der Waals surface area contributed by atoms with Gasteiger partial charge in [0.1, 0.15) is 11.5 Å². The topological polar surface area (TPSA) is 86.7 Å². The molecule has 242 valence electrons. The Labute approximate surface area is 252 Å². The maximum Gasteiger partial charge on any atom is 0.483 e. The summed E-state index contributed by atoms with van der Waals surface area (Å²) in [4.78, 5) is 0. The predicted molar refractivity (Wildman–Crippen MR) is 123 cm³/mol. The summed E-state index contributed by atoms with van der Waals surface area (Å²) in [7, 11) is -13.7. The molecule has 0 aliphatic carbocycles. The molecule has 0 fully saturated rings. The molecule has 0 spiro atoms. The van der Waals surface area contributed by atoms with Crippen LogP contribution in [0.15, 0.2) is 72.2 Å². The Balaban J connectivity index is 0. The van der Waals surface area contributed by atoms with Crippen molar-refractivity contribution in [2.75, 3.05) is 0 Å². The van der Waals surface area contributed by atoms with Crippen molar-refractivity contribution in [2.45, 2.75) is 22.7 Å². The summed E-state index contributed by atoms with van der Waals surface area (Å²) in [6, 6.07) is 6.95. The minimum atomic E-state index is -6.92. The number of hydrogen-bond acceptors (Lipinski definition) is 6. The van der Waals surface area contributed by atoms with Crippen LogP contribution in [0.5, 0.6) is 11.5 Å². The molecule has 0 saturated carbocycles. The van der Waals surface area contributed by atoms with Crippen LogP contribution in [0.2, 0.25) is 0 Å². The molecule has 42 heavy (non-hydrogen) atoms. The van der Waals surface area contributed by atoms with E-state index in [4.69, 9.17) is 0 Å². The quantitative estimate of drug-likeness (QED) is 0.111. The van der Waals surface area contributed by atoms with Gasteiger partial charge in [-0.15, -0.1) is 13.2 Å². The van der Waals surface area contributed by atoms with Gasteiger partial charge in [-0.05, 0) is 42.0 Å². The first-order chi connectivity index (χ1) is 18.3. The average Bonchev–Trinajstić information content (AvgIpc) is 2.81. The largest absolute Gasteiger partial charge is 0.483 e. The molecule has 6 nitrogen and oxygen atoms in total. The zero-order valence-electron chi connectivity index (χ0n) is 19.6. The Morgan fingerprint density at radius 2 is 0.952 bits per heavy atom. The van der Waals surface area contributed by atoms with Crippen molar-refractivity contribution in [3.8, 4) is 11.5 Å². The van der Waals surface area contributed by atoms with Crippen molar-refractivity contribution >= 4 is 42.5 Å². The van der Waals surface area contributed by atoms with Gasteiger partial charge >= 0.3 is 43.2 Å². The molecule has 22 heteroatoms. The van der Waals surface area contributed by atoms with Crippen molar-refractivity contribution in [3.05, 3.63) is 77.8 Å². The third kappa shape index (κ3) is 11.1. The molecule has 0 aliphatic rings. The summed E-state index contributed by atoms with van der Waals surface area (Å²) < 4.78 is 198. The number of hydrogen-bond donors (Lipinski definition) is 0. The third-order valence-electron chi connectivity index (χ3n) is 3.75. The number of rotatable bonds is 9. The smallest absolute Gasteiger partial charge is 0.427 e. The molecular formula is C20H13BrF12O6PdS2. The van der Waals surface area contributed by atoms with Gasteiger partial charge < -0.3 is 9.47 Å². The molecule has 2 aromatic carbocycles.